The molecule has 1 aromatic heterocycles. The van der Waals surface area contributed by atoms with E-state index in [1.165, 1.54) is 57.8 Å². The molecule has 20 heavy (non-hydrogen) atoms. The Morgan fingerprint density at radius 2 is 1.45 bits per heavy atom. The van der Waals surface area contributed by atoms with Gasteiger partial charge < -0.3 is 10.6 Å². The molecule has 2 fully saturated rings. The summed E-state index contributed by atoms with van der Waals surface area (Å²) in [7, 11) is 0. The summed E-state index contributed by atoms with van der Waals surface area (Å²) in [6.07, 6.45) is 11.4. The van der Waals surface area contributed by atoms with Gasteiger partial charge in [-0.05, 0) is 25.7 Å². The van der Waals surface area contributed by atoms with E-state index in [1.54, 1.807) is 0 Å². The van der Waals surface area contributed by atoms with Crippen molar-refractivity contribution >= 4 is 11.9 Å². The summed E-state index contributed by atoms with van der Waals surface area (Å²) in [6, 6.07) is 0. The molecule has 1 aromatic rings. The molecule has 0 amide bonds. The summed E-state index contributed by atoms with van der Waals surface area (Å²) in [5, 5.41) is 0. The number of nitrogens with two attached hydrogens (primary N) is 1. The zero-order valence-electron chi connectivity index (χ0n) is 12.2. The number of rotatable bonds is 2. The molecule has 1 saturated heterocycles. The number of nitrogen functional groups attached to an aromatic ring is 1. The van der Waals surface area contributed by atoms with Gasteiger partial charge in [0, 0.05) is 19.0 Å². The van der Waals surface area contributed by atoms with Gasteiger partial charge in [0.05, 0.1) is 0 Å². The van der Waals surface area contributed by atoms with Crippen molar-refractivity contribution in [3.63, 3.8) is 0 Å². The third-order valence-electron chi connectivity index (χ3n) is 4.52. The van der Waals surface area contributed by atoms with E-state index in [0.29, 0.717) is 11.9 Å². The van der Waals surface area contributed by atoms with Crippen LogP contribution in [0.25, 0.3) is 0 Å². The van der Waals surface area contributed by atoms with Crippen LogP contribution in [-0.4, -0.2) is 28.0 Å². The highest BCUT2D eigenvalue weighted by molar-refractivity contribution is 5.35. The molecule has 110 valence electrons. The first-order valence-electron chi connectivity index (χ1n) is 8.09. The first-order valence-corrected chi connectivity index (χ1v) is 8.09. The lowest BCUT2D eigenvalue weighted by molar-refractivity contribution is 0.428. The van der Waals surface area contributed by atoms with Crippen LogP contribution in [-0.2, 0) is 0 Å². The molecular formula is C15H25N5. The lowest BCUT2D eigenvalue weighted by Crippen LogP contribution is -2.27. The van der Waals surface area contributed by atoms with E-state index in [1.807, 2.05) is 0 Å². The number of nitrogens with zero attached hydrogens (tertiary/aromatic N) is 4. The van der Waals surface area contributed by atoms with Crippen LogP contribution in [0.3, 0.4) is 0 Å². The monoisotopic (exact) mass is 275 g/mol. The molecule has 2 heterocycles. The van der Waals surface area contributed by atoms with Gasteiger partial charge in [-0.3, -0.25) is 0 Å². The third-order valence-corrected chi connectivity index (χ3v) is 4.52. The van der Waals surface area contributed by atoms with Gasteiger partial charge in [0.15, 0.2) is 0 Å². The lowest BCUT2D eigenvalue weighted by atomic mass is 9.89. The second-order valence-corrected chi connectivity index (χ2v) is 6.09. The van der Waals surface area contributed by atoms with E-state index in [-0.39, 0.29) is 0 Å². The van der Waals surface area contributed by atoms with Gasteiger partial charge in [0.2, 0.25) is 11.9 Å². The fourth-order valence-corrected chi connectivity index (χ4v) is 3.35. The summed E-state index contributed by atoms with van der Waals surface area (Å²) in [6.45, 7) is 2.10. The zero-order valence-corrected chi connectivity index (χ0v) is 12.2. The predicted octanol–water partition coefficient (Wildman–Crippen LogP) is 2.88. The number of hydrogen-bond donors (Lipinski definition) is 1. The second-order valence-electron chi connectivity index (χ2n) is 6.09. The van der Waals surface area contributed by atoms with E-state index >= 15 is 0 Å². The molecule has 0 spiro atoms. The molecule has 0 aromatic carbocycles. The maximum absolute atomic E-state index is 5.92. The van der Waals surface area contributed by atoms with Crippen LogP contribution in [0.2, 0.25) is 0 Å². The Balaban J connectivity index is 1.81. The molecule has 5 nitrogen and oxygen atoms in total. The number of aromatic nitrogens is 3. The Hall–Kier alpha value is -1.39. The summed E-state index contributed by atoms with van der Waals surface area (Å²) < 4.78 is 0. The Kier molecular flexibility index (Phi) is 4.33. The maximum Gasteiger partial charge on any atom is 0.230 e. The maximum atomic E-state index is 5.92. The summed E-state index contributed by atoms with van der Waals surface area (Å²) in [4.78, 5) is 15.8. The van der Waals surface area contributed by atoms with Gasteiger partial charge in [-0.2, -0.15) is 15.0 Å². The largest absolute Gasteiger partial charge is 0.368 e. The quantitative estimate of drug-likeness (QED) is 0.899. The molecular weight excluding hydrogens is 250 g/mol. The second kappa shape index (κ2) is 6.37. The van der Waals surface area contributed by atoms with E-state index in [2.05, 4.69) is 14.9 Å². The van der Waals surface area contributed by atoms with Crippen molar-refractivity contribution in [1.82, 2.24) is 15.0 Å². The van der Waals surface area contributed by atoms with E-state index in [4.69, 9.17) is 10.7 Å². The molecule has 0 unspecified atom stereocenters. The standard InChI is InChI=1S/C15H25N5/c16-14-17-13(12-8-4-3-5-9-12)18-15(19-14)20-10-6-1-2-7-11-20/h12H,1-11H2,(H2,16,17,18,19). The van der Waals surface area contributed by atoms with Crippen LogP contribution < -0.4 is 10.6 Å². The highest BCUT2D eigenvalue weighted by Crippen LogP contribution is 2.31. The van der Waals surface area contributed by atoms with Crippen molar-refractivity contribution < 1.29 is 0 Å². The van der Waals surface area contributed by atoms with Crippen molar-refractivity contribution in [2.45, 2.75) is 63.7 Å². The highest BCUT2D eigenvalue weighted by Gasteiger charge is 2.21. The average Bonchev–Trinajstić information content (AvgIpc) is 2.77. The van der Waals surface area contributed by atoms with Crippen molar-refractivity contribution in [1.29, 1.82) is 0 Å². The molecule has 5 heteroatoms. The lowest BCUT2D eigenvalue weighted by Gasteiger charge is -2.24. The van der Waals surface area contributed by atoms with Crippen LogP contribution in [0.5, 0.6) is 0 Å². The Labute approximate surface area is 121 Å². The van der Waals surface area contributed by atoms with Gasteiger partial charge in [-0.15, -0.1) is 0 Å². The van der Waals surface area contributed by atoms with Crippen LogP contribution in [0.15, 0.2) is 0 Å². The van der Waals surface area contributed by atoms with Gasteiger partial charge in [0.1, 0.15) is 5.82 Å². The first kappa shape index (κ1) is 13.6. The van der Waals surface area contributed by atoms with Gasteiger partial charge in [-0.25, -0.2) is 0 Å². The number of anilines is 2. The van der Waals surface area contributed by atoms with Crippen molar-refractivity contribution in [3.8, 4) is 0 Å². The van der Waals surface area contributed by atoms with Crippen molar-refractivity contribution in [3.05, 3.63) is 5.82 Å². The van der Waals surface area contributed by atoms with Crippen molar-refractivity contribution in [2.24, 2.45) is 0 Å². The SMILES string of the molecule is Nc1nc(C2CCCCC2)nc(N2CCCCCC2)n1. The molecule has 0 radical (unpaired) electrons. The van der Waals surface area contributed by atoms with E-state index < -0.39 is 0 Å². The minimum Gasteiger partial charge on any atom is -0.368 e. The molecule has 1 saturated carbocycles. The normalized spacial score (nSPS) is 21.7. The molecule has 2 N–H and O–H groups in total. The van der Waals surface area contributed by atoms with Gasteiger partial charge in [0.25, 0.3) is 0 Å². The fourth-order valence-electron chi connectivity index (χ4n) is 3.35. The Morgan fingerprint density at radius 1 is 0.800 bits per heavy atom. The summed E-state index contributed by atoms with van der Waals surface area (Å²) >= 11 is 0. The van der Waals surface area contributed by atoms with E-state index in [9.17, 15) is 0 Å². The fraction of sp³-hybridized carbons (Fsp3) is 0.800. The molecule has 0 bridgehead atoms. The van der Waals surface area contributed by atoms with E-state index in [0.717, 1.165) is 24.9 Å². The van der Waals surface area contributed by atoms with Crippen LogP contribution in [0.4, 0.5) is 11.9 Å². The Morgan fingerprint density at radius 3 is 2.15 bits per heavy atom. The Bertz CT molecular complexity index is 434. The topological polar surface area (TPSA) is 67.9 Å². The molecule has 1 aliphatic carbocycles. The van der Waals surface area contributed by atoms with Crippen molar-refractivity contribution in [2.75, 3.05) is 23.7 Å². The average molecular weight is 275 g/mol. The molecule has 0 atom stereocenters. The zero-order chi connectivity index (χ0) is 13.8. The predicted molar refractivity (Wildman–Crippen MR) is 80.7 cm³/mol. The minimum absolute atomic E-state index is 0.389. The minimum atomic E-state index is 0.389. The number of hydrogen-bond acceptors (Lipinski definition) is 5. The molecule has 2 aliphatic rings. The summed E-state index contributed by atoms with van der Waals surface area (Å²) in [5.74, 6) is 2.61. The third kappa shape index (κ3) is 3.19. The molecule has 1 aliphatic heterocycles. The highest BCUT2D eigenvalue weighted by atomic mass is 15.3. The van der Waals surface area contributed by atoms with Gasteiger partial charge in [-0.1, -0.05) is 32.1 Å². The van der Waals surface area contributed by atoms with Gasteiger partial charge >= 0.3 is 0 Å². The van der Waals surface area contributed by atoms with Crippen LogP contribution >= 0.6 is 0 Å². The van der Waals surface area contributed by atoms with Crippen LogP contribution in [0, 0.1) is 0 Å². The van der Waals surface area contributed by atoms with Crippen LogP contribution in [0.1, 0.15) is 69.5 Å². The smallest absolute Gasteiger partial charge is 0.230 e. The summed E-state index contributed by atoms with van der Waals surface area (Å²) in [5.41, 5.74) is 5.92. The first-order chi connectivity index (χ1) is 9.83. The molecule has 3 rings (SSSR count).